The van der Waals surface area contributed by atoms with Gasteiger partial charge in [0.2, 0.25) is 0 Å². The maximum Gasteiger partial charge on any atom is 0.185 e. The molecule has 0 spiro atoms. The highest BCUT2D eigenvalue weighted by molar-refractivity contribution is 5.47. The van der Waals surface area contributed by atoms with Crippen LogP contribution >= 0.6 is 0 Å². The minimum Gasteiger partial charge on any atom is -0.379 e. The molecule has 0 aliphatic rings. The van der Waals surface area contributed by atoms with Crippen molar-refractivity contribution in [1.29, 1.82) is 5.26 Å². The van der Waals surface area contributed by atoms with Crippen LogP contribution in [0.15, 0.2) is 6.07 Å². The zero-order chi connectivity index (χ0) is 11.4. The van der Waals surface area contributed by atoms with E-state index in [4.69, 9.17) is 5.26 Å². The van der Waals surface area contributed by atoms with E-state index in [0.29, 0.717) is 0 Å². The van der Waals surface area contributed by atoms with Gasteiger partial charge in [0.05, 0.1) is 12.5 Å². The molecule has 0 aromatic heterocycles. The van der Waals surface area contributed by atoms with Gasteiger partial charge in [-0.1, -0.05) is 0 Å². The molecule has 1 N–H and O–H groups in total. The van der Waals surface area contributed by atoms with Crippen LogP contribution in [0.3, 0.4) is 0 Å². The lowest BCUT2D eigenvalue weighted by atomic mass is 10.2. The maximum absolute atomic E-state index is 12.9. The Bertz CT molecular complexity index is 385. The number of nitrogens with one attached hydrogen (secondary N) is 1. The van der Waals surface area contributed by atoms with Crippen molar-refractivity contribution in [3.05, 3.63) is 29.3 Å². The predicted octanol–water partition coefficient (Wildman–Crippen LogP) is 2.57. The first-order valence-corrected chi connectivity index (χ1v) is 4.01. The molecule has 0 unspecified atom stereocenters. The summed E-state index contributed by atoms with van der Waals surface area (Å²) < 4.78 is 51.2. The number of anilines is 1. The predicted molar refractivity (Wildman–Crippen MR) is 45.0 cm³/mol. The molecule has 1 aromatic carbocycles. The molecular weight excluding hydrogens is 212 g/mol. The van der Waals surface area contributed by atoms with E-state index in [0.717, 1.165) is 0 Å². The minimum absolute atomic E-state index is 0.0307. The van der Waals surface area contributed by atoms with Crippen LogP contribution in [-0.4, -0.2) is 6.54 Å². The minimum atomic E-state index is -1.49. The molecule has 0 aliphatic carbocycles. The third-order valence-electron chi connectivity index (χ3n) is 1.65. The lowest BCUT2D eigenvalue weighted by Gasteiger charge is -2.07. The van der Waals surface area contributed by atoms with Crippen LogP contribution in [0.1, 0.15) is 6.42 Å². The standard InChI is InChI=1S/C9H6F4N2/c10-5-4-6(11)8(13)9(7(5)12)15-3-1-2-14/h4,15H,1,3H2. The number of rotatable bonds is 3. The molecule has 15 heavy (non-hydrogen) atoms. The van der Waals surface area contributed by atoms with E-state index in [1.165, 1.54) is 0 Å². The molecule has 0 aliphatic heterocycles. The summed E-state index contributed by atoms with van der Waals surface area (Å²) in [6, 6.07) is 1.84. The number of hydrogen-bond acceptors (Lipinski definition) is 2. The van der Waals surface area contributed by atoms with Crippen molar-refractivity contribution in [3.63, 3.8) is 0 Å². The lowest BCUT2D eigenvalue weighted by molar-refractivity contribution is 0.458. The monoisotopic (exact) mass is 218 g/mol. The van der Waals surface area contributed by atoms with Crippen LogP contribution < -0.4 is 5.32 Å². The van der Waals surface area contributed by atoms with Crippen molar-refractivity contribution in [2.45, 2.75) is 6.42 Å². The first-order chi connectivity index (χ1) is 7.07. The summed E-state index contributed by atoms with van der Waals surface area (Å²) in [6.07, 6.45) is -0.0307. The van der Waals surface area contributed by atoms with Crippen LogP contribution in [-0.2, 0) is 0 Å². The lowest BCUT2D eigenvalue weighted by Crippen LogP contribution is -2.08. The van der Waals surface area contributed by atoms with Gasteiger partial charge in [-0.2, -0.15) is 5.26 Å². The number of hydrogen-bond donors (Lipinski definition) is 1. The summed E-state index contributed by atoms with van der Waals surface area (Å²) in [6.45, 7) is -0.0900. The van der Waals surface area contributed by atoms with Crippen LogP contribution in [0, 0.1) is 34.6 Å². The van der Waals surface area contributed by atoms with Crippen molar-refractivity contribution >= 4 is 5.69 Å². The second-order valence-electron chi connectivity index (χ2n) is 2.68. The van der Waals surface area contributed by atoms with E-state index in [2.05, 4.69) is 5.32 Å². The smallest absolute Gasteiger partial charge is 0.185 e. The topological polar surface area (TPSA) is 35.8 Å². The van der Waals surface area contributed by atoms with Gasteiger partial charge >= 0.3 is 0 Å². The molecule has 1 aromatic rings. The average Bonchev–Trinajstić information content (AvgIpc) is 2.20. The molecule has 0 atom stereocenters. The number of benzene rings is 1. The molecule has 0 fully saturated rings. The molecule has 0 radical (unpaired) electrons. The van der Waals surface area contributed by atoms with Crippen LogP contribution in [0.2, 0.25) is 0 Å². The van der Waals surface area contributed by atoms with E-state index in [1.54, 1.807) is 6.07 Å². The number of nitrogens with zero attached hydrogens (tertiary/aromatic N) is 1. The van der Waals surface area contributed by atoms with Crippen molar-refractivity contribution in [2.24, 2.45) is 0 Å². The molecule has 6 heteroatoms. The van der Waals surface area contributed by atoms with Gasteiger partial charge < -0.3 is 5.32 Å². The summed E-state index contributed by atoms with van der Waals surface area (Å²) in [5, 5.41) is 10.3. The highest BCUT2D eigenvalue weighted by Gasteiger charge is 2.18. The van der Waals surface area contributed by atoms with Gasteiger partial charge in [-0.25, -0.2) is 17.6 Å². The van der Waals surface area contributed by atoms with Crippen molar-refractivity contribution in [3.8, 4) is 6.07 Å². The number of halogens is 4. The average molecular weight is 218 g/mol. The quantitative estimate of drug-likeness (QED) is 0.480. The van der Waals surface area contributed by atoms with Crippen molar-refractivity contribution < 1.29 is 17.6 Å². The first-order valence-electron chi connectivity index (χ1n) is 4.01. The Balaban J connectivity index is 3.00. The van der Waals surface area contributed by atoms with Crippen LogP contribution in [0.5, 0.6) is 0 Å². The highest BCUT2D eigenvalue weighted by atomic mass is 19.2. The maximum atomic E-state index is 12.9. The SMILES string of the molecule is N#CCCNc1c(F)c(F)cc(F)c1F. The number of nitriles is 1. The molecule has 0 heterocycles. The Hall–Kier alpha value is -1.77. The van der Waals surface area contributed by atoms with Gasteiger partial charge in [0.15, 0.2) is 23.3 Å². The van der Waals surface area contributed by atoms with Gasteiger partial charge in [0.25, 0.3) is 0 Å². The Morgan fingerprint density at radius 3 is 2.13 bits per heavy atom. The van der Waals surface area contributed by atoms with Gasteiger partial charge in [-0.05, 0) is 0 Å². The highest BCUT2D eigenvalue weighted by Crippen LogP contribution is 2.23. The van der Waals surface area contributed by atoms with Gasteiger partial charge in [0, 0.05) is 12.6 Å². The Kier molecular flexibility index (Phi) is 3.50. The molecular formula is C9H6F4N2. The third-order valence-corrected chi connectivity index (χ3v) is 1.65. The normalized spacial score (nSPS) is 9.80. The fourth-order valence-corrected chi connectivity index (χ4v) is 0.972. The largest absolute Gasteiger partial charge is 0.379 e. The second-order valence-corrected chi connectivity index (χ2v) is 2.68. The molecule has 0 bridgehead atoms. The summed E-state index contributed by atoms with van der Waals surface area (Å²) >= 11 is 0. The van der Waals surface area contributed by atoms with E-state index >= 15 is 0 Å². The Morgan fingerprint density at radius 1 is 1.13 bits per heavy atom. The van der Waals surface area contributed by atoms with Gasteiger partial charge in [-0.15, -0.1) is 0 Å². The zero-order valence-corrected chi connectivity index (χ0v) is 7.45. The molecule has 2 nitrogen and oxygen atoms in total. The van der Waals surface area contributed by atoms with E-state index in [1.807, 2.05) is 0 Å². The fourth-order valence-electron chi connectivity index (χ4n) is 0.972. The summed E-state index contributed by atoms with van der Waals surface area (Å²) in [5.74, 6) is -5.94. The van der Waals surface area contributed by atoms with Crippen molar-refractivity contribution in [1.82, 2.24) is 0 Å². The Morgan fingerprint density at radius 2 is 1.67 bits per heavy atom. The summed E-state index contributed by atoms with van der Waals surface area (Å²) in [7, 11) is 0. The molecule has 0 saturated carbocycles. The molecule has 0 amide bonds. The fraction of sp³-hybridized carbons (Fsp3) is 0.222. The molecule has 0 saturated heterocycles. The van der Waals surface area contributed by atoms with E-state index < -0.39 is 29.0 Å². The zero-order valence-electron chi connectivity index (χ0n) is 7.45. The van der Waals surface area contributed by atoms with Gasteiger partial charge in [0.1, 0.15) is 5.69 Å². The van der Waals surface area contributed by atoms with E-state index in [-0.39, 0.29) is 19.0 Å². The summed E-state index contributed by atoms with van der Waals surface area (Å²) in [4.78, 5) is 0. The van der Waals surface area contributed by atoms with E-state index in [9.17, 15) is 17.6 Å². The Labute approximate surface area is 83.1 Å². The van der Waals surface area contributed by atoms with Crippen LogP contribution in [0.25, 0.3) is 0 Å². The van der Waals surface area contributed by atoms with Crippen LogP contribution in [0.4, 0.5) is 23.2 Å². The third kappa shape index (κ3) is 2.37. The molecule has 1 rings (SSSR count). The summed E-state index contributed by atoms with van der Waals surface area (Å²) in [5.41, 5.74) is -0.886. The second kappa shape index (κ2) is 4.64. The molecule has 80 valence electrons. The van der Waals surface area contributed by atoms with Gasteiger partial charge in [-0.3, -0.25) is 0 Å². The first kappa shape index (κ1) is 11.3. The van der Waals surface area contributed by atoms with Crippen molar-refractivity contribution in [2.75, 3.05) is 11.9 Å².